The van der Waals surface area contributed by atoms with Gasteiger partial charge in [0.05, 0.1) is 0 Å². The molecule has 2 rings (SSSR count). The van der Waals surface area contributed by atoms with Gasteiger partial charge in [0, 0.05) is 5.92 Å². The number of carbonyl (C=O) groups is 1. The minimum Gasteiger partial charge on any atom is -0.479 e. The number of benzene rings is 1. The molecule has 0 aliphatic heterocycles. The van der Waals surface area contributed by atoms with Gasteiger partial charge in [0.1, 0.15) is 0 Å². The van der Waals surface area contributed by atoms with Gasteiger partial charge in [-0.2, -0.15) is 0 Å². The summed E-state index contributed by atoms with van der Waals surface area (Å²) < 4.78 is 13.2. The monoisotopic (exact) mass is 194 g/mol. The minimum absolute atomic E-state index is 0.384. The third kappa shape index (κ3) is 1.50. The summed E-state index contributed by atoms with van der Waals surface area (Å²) in [5, 5.41) is 8.55. The van der Waals surface area contributed by atoms with Crippen molar-refractivity contribution in [3.63, 3.8) is 0 Å². The van der Waals surface area contributed by atoms with Gasteiger partial charge in [-0.3, -0.25) is 0 Å². The van der Waals surface area contributed by atoms with Crippen LogP contribution < -0.4 is 0 Å². The molecule has 74 valence electrons. The lowest BCUT2D eigenvalue weighted by Crippen LogP contribution is -2.25. The van der Waals surface area contributed by atoms with E-state index in [0.717, 1.165) is 11.1 Å². The summed E-state index contributed by atoms with van der Waals surface area (Å²) in [5.41, 5.74) is 2.17. The van der Waals surface area contributed by atoms with E-state index in [0.29, 0.717) is 12.8 Å². The van der Waals surface area contributed by atoms with Crippen LogP contribution in [0.15, 0.2) is 24.3 Å². The Morgan fingerprint density at radius 2 is 1.86 bits per heavy atom. The van der Waals surface area contributed by atoms with Crippen molar-refractivity contribution in [1.29, 1.82) is 0 Å². The molecular formula is C11H11FO2. The van der Waals surface area contributed by atoms with Crippen LogP contribution in [0.2, 0.25) is 0 Å². The van der Waals surface area contributed by atoms with Gasteiger partial charge in [0.2, 0.25) is 6.17 Å². The van der Waals surface area contributed by atoms with Crippen LogP contribution in [0, 0.1) is 5.92 Å². The first kappa shape index (κ1) is 9.19. The second kappa shape index (κ2) is 3.40. The van der Waals surface area contributed by atoms with E-state index in [2.05, 4.69) is 0 Å². The first-order valence-corrected chi connectivity index (χ1v) is 4.62. The van der Waals surface area contributed by atoms with Crippen LogP contribution in [0.25, 0.3) is 0 Å². The zero-order chi connectivity index (χ0) is 10.1. The molecule has 0 saturated heterocycles. The van der Waals surface area contributed by atoms with Crippen molar-refractivity contribution in [2.75, 3.05) is 0 Å². The van der Waals surface area contributed by atoms with E-state index in [1.807, 2.05) is 24.3 Å². The SMILES string of the molecule is O=C(O)[C@H](F)C1Cc2ccccc2C1. The Morgan fingerprint density at radius 1 is 1.36 bits per heavy atom. The summed E-state index contributed by atoms with van der Waals surface area (Å²) in [6, 6.07) is 7.66. The average Bonchev–Trinajstić information content (AvgIpc) is 2.59. The Morgan fingerprint density at radius 3 is 2.29 bits per heavy atom. The molecule has 14 heavy (non-hydrogen) atoms. The Balaban J connectivity index is 2.15. The second-order valence-corrected chi connectivity index (χ2v) is 3.68. The van der Waals surface area contributed by atoms with E-state index in [4.69, 9.17) is 5.11 Å². The molecule has 0 spiro atoms. The van der Waals surface area contributed by atoms with Crippen LogP contribution in [-0.2, 0) is 17.6 Å². The fourth-order valence-corrected chi connectivity index (χ4v) is 2.00. The first-order chi connectivity index (χ1) is 6.68. The van der Waals surface area contributed by atoms with Gasteiger partial charge in [-0.15, -0.1) is 0 Å². The highest BCUT2D eigenvalue weighted by molar-refractivity contribution is 5.72. The molecule has 1 aliphatic carbocycles. The number of hydrogen-bond donors (Lipinski definition) is 1. The van der Waals surface area contributed by atoms with Crippen LogP contribution in [0.4, 0.5) is 4.39 Å². The summed E-state index contributed by atoms with van der Waals surface area (Å²) in [7, 11) is 0. The Kier molecular flexibility index (Phi) is 2.23. The Hall–Kier alpha value is -1.38. The van der Waals surface area contributed by atoms with E-state index < -0.39 is 12.1 Å². The van der Waals surface area contributed by atoms with Gasteiger partial charge in [0.25, 0.3) is 0 Å². The number of alkyl halides is 1. The predicted octanol–water partition coefficient (Wildman–Crippen LogP) is 1.82. The van der Waals surface area contributed by atoms with Gasteiger partial charge >= 0.3 is 5.97 Å². The minimum atomic E-state index is -1.73. The molecule has 1 atom stereocenters. The maximum Gasteiger partial charge on any atom is 0.338 e. The molecule has 0 heterocycles. The average molecular weight is 194 g/mol. The molecule has 1 aromatic carbocycles. The van der Waals surface area contributed by atoms with E-state index >= 15 is 0 Å². The standard InChI is InChI=1S/C11H11FO2/c12-10(11(13)14)9-5-7-3-1-2-4-8(7)6-9/h1-4,9-10H,5-6H2,(H,13,14)/t10-/m1/s1. The molecular weight excluding hydrogens is 183 g/mol. The molecule has 0 unspecified atom stereocenters. The summed E-state index contributed by atoms with van der Waals surface area (Å²) in [4.78, 5) is 10.5. The molecule has 0 saturated carbocycles. The van der Waals surface area contributed by atoms with Gasteiger partial charge < -0.3 is 5.11 Å². The topological polar surface area (TPSA) is 37.3 Å². The quantitative estimate of drug-likeness (QED) is 0.779. The van der Waals surface area contributed by atoms with E-state index in [9.17, 15) is 9.18 Å². The lowest BCUT2D eigenvalue weighted by atomic mass is 10.0. The molecule has 0 bridgehead atoms. The number of carboxylic acids is 1. The van der Waals surface area contributed by atoms with Gasteiger partial charge in [-0.05, 0) is 24.0 Å². The Labute approximate surface area is 81.4 Å². The van der Waals surface area contributed by atoms with Crippen LogP contribution in [0.1, 0.15) is 11.1 Å². The largest absolute Gasteiger partial charge is 0.479 e. The normalized spacial score (nSPS) is 17.8. The summed E-state index contributed by atoms with van der Waals surface area (Å²) in [6.45, 7) is 0. The van der Waals surface area contributed by atoms with Crippen molar-refractivity contribution in [2.24, 2.45) is 5.92 Å². The molecule has 1 aromatic rings. The molecule has 1 aliphatic rings. The van der Waals surface area contributed by atoms with E-state index in [-0.39, 0.29) is 5.92 Å². The van der Waals surface area contributed by atoms with Crippen molar-refractivity contribution < 1.29 is 14.3 Å². The molecule has 0 aromatic heterocycles. The fraction of sp³-hybridized carbons (Fsp3) is 0.364. The number of fused-ring (bicyclic) bond motifs is 1. The van der Waals surface area contributed by atoms with Crippen LogP contribution >= 0.6 is 0 Å². The van der Waals surface area contributed by atoms with Gasteiger partial charge in [-0.1, -0.05) is 24.3 Å². The highest BCUT2D eigenvalue weighted by Gasteiger charge is 2.32. The number of halogens is 1. The number of rotatable bonds is 2. The predicted molar refractivity (Wildman–Crippen MR) is 49.9 cm³/mol. The Bertz CT molecular complexity index is 337. The smallest absolute Gasteiger partial charge is 0.338 e. The molecule has 0 amide bonds. The van der Waals surface area contributed by atoms with Gasteiger partial charge in [-0.25, -0.2) is 9.18 Å². The van der Waals surface area contributed by atoms with E-state index in [1.165, 1.54) is 0 Å². The maximum absolute atomic E-state index is 13.2. The second-order valence-electron chi connectivity index (χ2n) is 3.68. The number of carboxylic acid groups (broad SMARTS) is 1. The third-order valence-corrected chi connectivity index (χ3v) is 2.73. The van der Waals surface area contributed by atoms with Crippen LogP contribution in [0.5, 0.6) is 0 Å². The summed E-state index contributed by atoms with van der Waals surface area (Å²) in [5.74, 6) is -1.73. The fourth-order valence-electron chi connectivity index (χ4n) is 2.00. The molecule has 1 N–H and O–H groups in total. The van der Waals surface area contributed by atoms with Crippen molar-refractivity contribution in [2.45, 2.75) is 19.0 Å². The molecule has 2 nitrogen and oxygen atoms in total. The van der Waals surface area contributed by atoms with Crippen LogP contribution in [-0.4, -0.2) is 17.2 Å². The summed E-state index contributed by atoms with van der Waals surface area (Å²) >= 11 is 0. The number of aliphatic carboxylic acids is 1. The van der Waals surface area contributed by atoms with Crippen molar-refractivity contribution in [3.8, 4) is 0 Å². The highest BCUT2D eigenvalue weighted by atomic mass is 19.1. The highest BCUT2D eigenvalue weighted by Crippen LogP contribution is 2.29. The van der Waals surface area contributed by atoms with Gasteiger partial charge in [0.15, 0.2) is 0 Å². The first-order valence-electron chi connectivity index (χ1n) is 4.62. The molecule has 0 fully saturated rings. The lowest BCUT2D eigenvalue weighted by Gasteiger charge is -2.09. The van der Waals surface area contributed by atoms with Crippen molar-refractivity contribution in [3.05, 3.63) is 35.4 Å². The van der Waals surface area contributed by atoms with E-state index in [1.54, 1.807) is 0 Å². The van der Waals surface area contributed by atoms with Crippen LogP contribution in [0.3, 0.4) is 0 Å². The zero-order valence-electron chi connectivity index (χ0n) is 7.61. The zero-order valence-corrected chi connectivity index (χ0v) is 7.61. The molecule has 3 heteroatoms. The summed E-state index contributed by atoms with van der Waals surface area (Å²) in [6.07, 6.45) is -0.643. The van der Waals surface area contributed by atoms with Crippen molar-refractivity contribution in [1.82, 2.24) is 0 Å². The van der Waals surface area contributed by atoms with Crippen molar-refractivity contribution >= 4 is 5.97 Å². The number of hydrogen-bond acceptors (Lipinski definition) is 1. The third-order valence-electron chi connectivity index (χ3n) is 2.73. The lowest BCUT2D eigenvalue weighted by molar-refractivity contribution is -0.144. The maximum atomic E-state index is 13.2. The molecule has 0 radical (unpaired) electrons.